The summed E-state index contributed by atoms with van der Waals surface area (Å²) in [5.74, 6) is -0.472. The highest BCUT2D eigenvalue weighted by molar-refractivity contribution is 7.88. The second-order valence-corrected chi connectivity index (χ2v) is 5.45. The van der Waals surface area contributed by atoms with Crippen molar-refractivity contribution < 1.29 is 17.9 Å². The van der Waals surface area contributed by atoms with Crippen molar-refractivity contribution in [2.24, 2.45) is 0 Å². The molecule has 1 aliphatic rings. The molecule has 1 saturated heterocycles. The first-order valence-electron chi connectivity index (χ1n) is 4.44. The van der Waals surface area contributed by atoms with Crippen LogP contribution in [0.5, 0.6) is 0 Å². The molecule has 6 heteroatoms. The Labute approximate surface area is 84.1 Å². The van der Waals surface area contributed by atoms with Gasteiger partial charge in [-0.15, -0.1) is 0 Å². The summed E-state index contributed by atoms with van der Waals surface area (Å²) < 4.78 is 28.6. The molecule has 14 heavy (non-hydrogen) atoms. The van der Waals surface area contributed by atoms with Crippen LogP contribution in [0.1, 0.15) is 19.8 Å². The number of carbonyl (C=O) groups is 1. The largest absolute Gasteiger partial charge is 0.468 e. The maximum absolute atomic E-state index is 11.4. The first-order valence-corrected chi connectivity index (χ1v) is 6.29. The molecule has 0 saturated carbocycles. The molecule has 0 N–H and O–H groups in total. The third-order valence-corrected chi connectivity index (χ3v) is 3.84. The van der Waals surface area contributed by atoms with Crippen molar-refractivity contribution in [1.82, 2.24) is 4.31 Å². The molecule has 0 spiro atoms. The Morgan fingerprint density at radius 1 is 1.43 bits per heavy atom. The minimum Gasteiger partial charge on any atom is -0.468 e. The van der Waals surface area contributed by atoms with Gasteiger partial charge in [-0.25, -0.2) is 8.42 Å². The van der Waals surface area contributed by atoms with Crippen LogP contribution >= 0.6 is 0 Å². The van der Waals surface area contributed by atoms with Gasteiger partial charge in [0.15, 0.2) is 0 Å². The summed E-state index contributed by atoms with van der Waals surface area (Å²) in [6.07, 6.45) is 2.36. The van der Waals surface area contributed by atoms with Crippen LogP contribution in [-0.4, -0.2) is 44.1 Å². The number of hydrogen-bond acceptors (Lipinski definition) is 4. The average molecular weight is 221 g/mol. The number of sulfonamides is 1. The number of nitrogens with zero attached hydrogens (tertiary/aromatic N) is 1. The zero-order chi connectivity index (χ0) is 10.9. The number of carbonyl (C=O) groups excluding carboxylic acids is 1. The molecule has 0 aromatic carbocycles. The van der Waals surface area contributed by atoms with E-state index in [0.717, 1.165) is 6.26 Å². The molecule has 2 atom stereocenters. The van der Waals surface area contributed by atoms with E-state index < -0.39 is 22.0 Å². The second kappa shape index (κ2) is 3.86. The molecular formula is C8H15NO4S. The van der Waals surface area contributed by atoms with Gasteiger partial charge in [0, 0.05) is 6.04 Å². The van der Waals surface area contributed by atoms with E-state index in [1.807, 2.05) is 0 Å². The SMILES string of the molecule is COC(=O)[C@H]1CC[C@H](C)N1S(C)(=O)=O. The summed E-state index contributed by atoms with van der Waals surface area (Å²) in [6, 6.07) is -0.751. The van der Waals surface area contributed by atoms with Gasteiger partial charge in [0.2, 0.25) is 10.0 Å². The molecule has 0 aromatic rings. The average Bonchev–Trinajstić information content (AvgIpc) is 2.44. The van der Waals surface area contributed by atoms with Crippen molar-refractivity contribution >= 4 is 16.0 Å². The standard InChI is InChI=1S/C8H15NO4S/c1-6-4-5-7(8(10)13-2)9(6)14(3,11)12/h6-7H,4-5H2,1-3H3/t6-,7+/m0/s1. The molecule has 0 radical (unpaired) electrons. The smallest absolute Gasteiger partial charge is 0.324 e. The first kappa shape index (κ1) is 11.5. The lowest BCUT2D eigenvalue weighted by Crippen LogP contribution is -2.43. The summed E-state index contributed by atoms with van der Waals surface area (Å²) in [6.45, 7) is 1.80. The highest BCUT2D eigenvalue weighted by Crippen LogP contribution is 2.27. The van der Waals surface area contributed by atoms with Gasteiger partial charge >= 0.3 is 5.97 Å². The van der Waals surface area contributed by atoms with E-state index in [1.165, 1.54) is 11.4 Å². The molecule has 1 heterocycles. The van der Waals surface area contributed by atoms with Crippen molar-refractivity contribution in [3.8, 4) is 0 Å². The van der Waals surface area contributed by atoms with Crippen LogP contribution in [0.15, 0.2) is 0 Å². The fraction of sp³-hybridized carbons (Fsp3) is 0.875. The Morgan fingerprint density at radius 3 is 2.43 bits per heavy atom. The van der Waals surface area contributed by atoms with Crippen LogP contribution in [0.25, 0.3) is 0 Å². The van der Waals surface area contributed by atoms with Crippen LogP contribution in [0.4, 0.5) is 0 Å². The van der Waals surface area contributed by atoms with Gasteiger partial charge in [0.25, 0.3) is 0 Å². The molecule has 0 bridgehead atoms. The molecule has 0 aliphatic carbocycles. The minimum absolute atomic E-state index is 0.117. The van der Waals surface area contributed by atoms with E-state index in [4.69, 9.17) is 0 Å². The Hall–Kier alpha value is -0.620. The van der Waals surface area contributed by atoms with Gasteiger partial charge in [-0.1, -0.05) is 0 Å². The lowest BCUT2D eigenvalue weighted by atomic mass is 10.2. The van der Waals surface area contributed by atoms with Gasteiger partial charge in [-0.05, 0) is 19.8 Å². The maximum atomic E-state index is 11.4. The number of hydrogen-bond donors (Lipinski definition) is 0. The number of esters is 1. The van der Waals surface area contributed by atoms with E-state index in [0.29, 0.717) is 12.8 Å². The van der Waals surface area contributed by atoms with Crippen LogP contribution in [0.2, 0.25) is 0 Å². The maximum Gasteiger partial charge on any atom is 0.324 e. The summed E-state index contributed by atoms with van der Waals surface area (Å²) in [5, 5.41) is 0. The molecule has 5 nitrogen and oxygen atoms in total. The predicted octanol–water partition coefficient (Wildman–Crippen LogP) is -0.0281. The summed E-state index contributed by atoms with van der Waals surface area (Å²) in [5.41, 5.74) is 0. The lowest BCUT2D eigenvalue weighted by molar-refractivity contribution is -0.144. The van der Waals surface area contributed by atoms with Crippen molar-refractivity contribution in [2.75, 3.05) is 13.4 Å². The quantitative estimate of drug-likeness (QED) is 0.614. The predicted molar refractivity (Wildman–Crippen MR) is 51.2 cm³/mol. The third kappa shape index (κ3) is 2.06. The Kier molecular flexibility index (Phi) is 3.16. The van der Waals surface area contributed by atoms with E-state index in [-0.39, 0.29) is 6.04 Å². The van der Waals surface area contributed by atoms with Crippen molar-refractivity contribution in [1.29, 1.82) is 0 Å². The zero-order valence-corrected chi connectivity index (χ0v) is 9.37. The molecule has 82 valence electrons. The van der Waals surface area contributed by atoms with Crippen molar-refractivity contribution in [2.45, 2.75) is 31.8 Å². The summed E-state index contributed by atoms with van der Waals surface area (Å²) in [7, 11) is -2.05. The van der Waals surface area contributed by atoms with Crippen molar-refractivity contribution in [3.05, 3.63) is 0 Å². The van der Waals surface area contributed by atoms with E-state index in [9.17, 15) is 13.2 Å². The van der Waals surface area contributed by atoms with Gasteiger partial charge in [0.1, 0.15) is 6.04 Å². The number of methoxy groups -OCH3 is 1. The second-order valence-electron chi connectivity index (χ2n) is 3.56. The minimum atomic E-state index is -3.32. The summed E-state index contributed by atoms with van der Waals surface area (Å²) >= 11 is 0. The molecule has 0 unspecified atom stereocenters. The van der Waals surface area contributed by atoms with Gasteiger partial charge in [-0.3, -0.25) is 4.79 Å². The topological polar surface area (TPSA) is 63.7 Å². The van der Waals surface area contributed by atoms with E-state index in [1.54, 1.807) is 6.92 Å². The molecule has 1 fully saturated rings. The number of ether oxygens (including phenoxy) is 1. The van der Waals surface area contributed by atoms with Crippen molar-refractivity contribution in [3.63, 3.8) is 0 Å². The molecular weight excluding hydrogens is 206 g/mol. The van der Waals surface area contributed by atoms with E-state index >= 15 is 0 Å². The Morgan fingerprint density at radius 2 is 2.00 bits per heavy atom. The van der Waals surface area contributed by atoms with Crippen LogP contribution in [-0.2, 0) is 19.6 Å². The third-order valence-electron chi connectivity index (χ3n) is 2.46. The summed E-state index contributed by atoms with van der Waals surface area (Å²) in [4.78, 5) is 11.3. The van der Waals surface area contributed by atoms with Gasteiger partial charge in [0.05, 0.1) is 13.4 Å². The highest BCUT2D eigenvalue weighted by atomic mass is 32.2. The van der Waals surface area contributed by atoms with Gasteiger partial charge in [-0.2, -0.15) is 4.31 Å². The molecule has 0 amide bonds. The number of rotatable bonds is 2. The lowest BCUT2D eigenvalue weighted by Gasteiger charge is -2.23. The zero-order valence-electron chi connectivity index (χ0n) is 8.56. The molecule has 0 aromatic heterocycles. The van der Waals surface area contributed by atoms with E-state index in [2.05, 4.69) is 4.74 Å². The fourth-order valence-electron chi connectivity index (χ4n) is 1.88. The Bertz CT molecular complexity index is 324. The Balaban J connectivity index is 2.94. The highest BCUT2D eigenvalue weighted by Gasteiger charge is 2.41. The van der Waals surface area contributed by atoms with Gasteiger partial charge < -0.3 is 4.74 Å². The molecule has 1 aliphatic heterocycles. The first-order chi connectivity index (χ1) is 6.38. The van der Waals surface area contributed by atoms with Crippen LogP contribution in [0.3, 0.4) is 0 Å². The normalized spacial score (nSPS) is 29.1. The monoisotopic (exact) mass is 221 g/mol. The van der Waals surface area contributed by atoms with Crippen LogP contribution < -0.4 is 0 Å². The molecule has 1 rings (SSSR count). The van der Waals surface area contributed by atoms with Crippen LogP contribution in [0, 0.1) is 0 Å². The fourth-order valence-corrected chi connectivity index (χ4v) is 3.29.